The first kappa shape index (κ1) is 15.8. The molecule has 2 unspecified atom stereocenters. The Hall–Kier alpha value is -0.220. The van der Waals surface area contributed by atoms with Gasteiger partial charge in [0.25, 0.3) is 6.43 Å². The molecule has 0 aromatic rings. The molecule has 0 aromatic carbocycles. The third-order valence-corrected chi connectivity index (χ3v) is 2.54. The average Bonchev–Trinajstić information content (AvgIpc) is 2.26. The van der Waals surface area contributed by atoms with Crippen LogP contribution in [0.1, 0.15) is 46.5 Å². The summed E-state index contributed by atoms with van der Waals surface area (Å²) >= 11 is 0. The second-order valence-electron chi connectivity index (χ2n) is 4.02. The van der Waals surface area contributed by atoms with Crippen LogP contribution >= 0.6 is 0 Å². The molecule has 0 aliphatic carbocycles. The van der Waals surface area contributed by atoms with E-state index in [4.69, 9.17) is 4.74 Å². The van der Waals surface area contributed by atoms with Crippen LogP contribution in [0.15, 0.2) is 0 Å². The molecular formula is C12H25F2NO. The van der Waals surface area contributed by atoms with Gasteiger partial charge in [-0.15, -0.1) is 0 Å². The maximum atomic E-state index is 12.1. The Balaban J connectivity index is 4.09. The van der Waals surface area contributed by atoms with Gasteiger partial charge in [0.15, 0.2) is 0 Å². The van der Waals surface area contributed by atoms with Gasteiger partial charge in [0, 0.05) is 6.04 Å². The standard InChI is InChI=1S/C12H25F2NO/c1-4-7-10(15-8-5-2)11(6-3)16-9-12(13)14/h10-12,15H,4-9H2,1-3H3. The van der Waals surface area contributed by atoms with Crippen molar-refractivity contribution < 1.29 is 13.5 Å². The van der Waals surface area contributed by atoms with Crippen LogP contribution in [0.25, 0.3) is 0 Å². The topological polar surface area (TPSA) is 21.3 Å². The molecule has 98 valence electrons. The highest BCUT2D eigenvalue weighted by atomic mass is 19.3. The molecule has 0 aromatic heterocycles. The molecular weight excluding hydrogens is 212 g/mol. The average molecular weight is 237 g/mol. The van der Waals surface area contributed by atoms with E-state index < -0.39 is 13.0 Å². The van der Waals surface area contributed by atoms with Crippen molar-refractivity contribution in [3.05, 3.63) is 0 Å². The smallest absolute Gasteiger partial charge is 0.261 e. The predicted octanol–water partition coefficient (Wildman–Crippen LogP) is 3.22. The molecule has 0 rings (SSSR count). The van der Waals surface area contributed by atoms with Crippen LogP contribution in [0.2, 0.25) is 0 Å². The van der Waals surface area contributed by atoms with Gasteiger partial charge >= 0.3 is 0 Å². The van der Waals surface area contributed by atoms with Gasteiger partial charge in [-0.2, -0.15) is 0 Å². The quantitative estimate of drug-likeness (QED) is 0.630. The Morgan fingerprint density at radius 2 is 1.81 bits per heavy atom. The van der Waals surface area contributed by atoms with E-state index in [0.717, 1.165) is 32.2 Å². The fourth-order valence-electron chi connectivity index (χ4n) is 1.77. The van der Waals surface area contributed by atoms with Crippen LogP contribution in [0.5, 0.6) is 0 Å². The molecule has 0 bridgehead atoms. The van der Waals surface area contributed by atoms with Crippen molar-refractivity contribution >= 4 is 0 Å². The van der Waals surface area contributed by atoms with Crippen LogP contribution in [-0.4, -0.2) is 31.7 Å². The first-order valence-corrected chi connectivity index (χ1v) is 6.28. The Morgan fingerprint density at radius 1 is 1.12 bits per heavy atom. The first-order valence-electron chi connectivity index (χ1n) is 6.28. The monoisotopic (exact) mass is 237 g/mol. The van der Waals surface area contributed by atoms with E-state index in [1.54, 1.807) is 0 Å². The van der Waals surface area contributed by atoms with Crippen molar-refractivity contribution in [1.29, 1.82) is 0 Å². The molecule has 16 heavy (non-hydrogen) atoms. The predicted molar refractivity (Wildman–Crippen MR) is 63.0 cm³/mol. The normalized spacial score (nSPS) is 15.4. The Bertz CT molecular complexity index is 156. The van der Waals surface area contributed by atoms with Gasteiger partial charge in [-0.05, 0) is 25.8 Å². The summed E-state index contributed by atoms with van der Waals surface area (Å²) in [4.78, 5) is 0. The van der Waals surface area contributed by atoms with E-state index in [1.807, 2.05) is 6.92 Å². The largest absolute Gasteiger partial charge is 0.371 e. The third-order valence-electron chi connectivity index (χ3n) is 2.54. The van der Waals surface area contributed by atoms with E-state index in [0.29, 0.717) is 0 Å². The molecule has 0 aliphatic rings. The lowest BCUT2D eigenvalue weighted by molar-refractivity contribution is -0.0403. The van der Waals surface area contributed by atoms with Gasteiger partial charge in [0.1, 0.15) is 6.61 Å². The highest BCUT2D eigenvalue weighted by Gasteiger charge is 2.20. The van der Waals surface area contributed by atoms with Crippen molar-refractivity contribution in [2.24, 2.45) is 0 Å². The van der Waals surface area contributed by atoms with E-state index >= 15 is 0 Å². The minimum absolute atomic E-state index is 0.0968. The zero-order valence-electron chi connectivity index (χ0n) is 10.6. The summed E-state index contributed by atoms with van der Waals surface area (Å²) < 4.78 is 29.4. The van der Waals surface area contributed by atoms with Crippen LogP contribution in [-0.2, 0) is 4.74 Å². The zero-order valence-corrected chi connectivity index (χ0v) is 10.6. The lowest BCUT2D eigenvalue weighted by Gasteiger charge is -2.27. The molecule has 0 fully saturated rings. The minimum atomic E-state index is -2.37. The summed E-state index contributed by atoms with van der Waals surface area (Å²) in [6.45, 7) is 6.63. The molecule has 4 heteroatoms. The molecule has 2 nitrogen and oxygen atoms in total. The van der Waals surface area contributed by atoms with Gasteiger partial charge in [0.05, 0.1) is 6.10 Å². The van der Waals surface area contributed by atoms with E-state index in [9.17, 15) is 8.78 Å². The summed E-state index contributed by atoms with van der Waals surface area (Å²) in [5.41, 5.74) is 0. The van der Waals surface area contributed by atoms with Crippen molar-refractivity contribution in [1.82, 2.24) is 5.32 Å². The van der Waals surface area contributed by atoms with E-state index in [1.165, 1.54) is 0 Å². The molecule has 0 spiro atoms. The maximum Gasteiger partial charge on any atom is 0.261 e. The number of halogens is 2. The van der Waals surface area contributed by atoms with Gasteiger partial charge in [-0.3, -0.25) is 0 Å². The Labute approximate surface area is 97.7 Å². The summed E-state index contributed by atoms with van der Waals surface area (Å²) in [6.07, 6.45) is 1.36. The van der Waals surface area contributed by atoms with Crippen molar-refractivity contribution in [2.75, 3.05) is 13.2 Å². The minimum Gasteiger partial charge on any atom is -0.371 e. The number of ether oxygens (including phenoxy) is 1. The third kappa shape index (κ3) is 7.12. The van der Waals surface area contributed by atoms with Crippen LogP contribution in [0.3, 0.4) is 0 Å². The van der Waals surface area contributed by atoms with Crippen LogP contribution < -0.4 is 5.32 Å². The molecule has 2 atom stereocenters. The first-order chi connectivity index (χ1) is 7.65. The van der Waals surface area contributed by atoms with Crippen molar-refractivity contribution in [2.45, 2.75) is 65.0 Å². The fourth-order valence-corrected chi connectivity index (χ4v) is 1.77. The second-order valence-corrected chi connectivity index (χ2v) is 4.02. The van der Waals surface area contributed by atoms with E-state index in [-0.39, 0.29) is 12.1 Å². The molecule has 0 radical (unpaired) electrons. The maximum absolute atomic E-state index is 12.1. The summed E-state index contributed by atoms with van der Waals surface area (Å²) in [5, 5.41) is 3.38. The van der Waals surface area contributed by atoms with Crippen molar-refractivity contribution in [3.63, 3.8) is 0 Å². The molecule has 0 saturated carbocycles. The molecule has 1 N–H and O–H groups in total. The Morgan fingerprint density at radius 3 is 2.25 bits per heavy atom. The molecule has 0 saturated heterocycles. The van der Waals surface area contributed by atoms with Gasteiger partial charge in [-0.25, -0.2) is 8.78 Å². The Kier molecular flexibility index (Phi) is 9.83. The van der Waals surface area contributed by atoms with Gasteiger partial charge < -0.3 is 10.1 Å². The van der Waals surface area contributed by atoms with Crippen LogP contribution in [0.4, 0.5) is 8.78 Å². The number of hydrogen-bond donors (Lipinski definition) is 1. The van der Waals surface area contributed by atoms with Crippen molar-refractivity contribution in [3.8, 4) is 0 Å². The van der Waals surface area contributed by atoms with E-state index in [2.05, 4.69) is 19.2 Å². The number of hydrogen-bond acceptors (Lipinski definition) is 2. The lowest BCUT2D eigenvalue weighted by Crippen LogP contribution is -2.42. The second kappa shape index (κ2) is 9.97. The number of alkyl halides is 2. The van der Waals surface area contributed by atoms with Gasteiger partial charge in [-0.1, -0.05) is 27.2 Å². The van der Waals surface area contributed by atoms with Gasteiger partial charge in [0.2, 0.25) is 0 Å². The SMILES string of the molecule is CCCNC(CCC)C(CC)OCC(F)F. The molecule has 0 aliphatic heterocycles. The summed E-state index contributed by atoms with van der Waals surface area (Å²) in [7, 11) is 0. The fraction of sp³-hybridized carbons (Fsp3) is 1.00. The summed E-state index contributed by atoms with van der Waals surface area (Å²) in [5.74, 6) is 0. The number of rotatable bonds is 10. The molecule has 0 amide bonds. The highest BCUT2D eigenvalue weighted by Crippen LogP contribution is 2.11. The zero-order chi connectivity index (χ0) is 12.4. The lowest BCUT2D eigenvalue weighted by atomic mass is 10.0. The molecule has 0 heterocycles. The van der Waals surface area contributed by atoms with Crippen LogP contribution in [0, 0.1) is 0 Å². The highest BCUT2D eigenvalue weighted by molar-refractivity contribution is 4.76. The number of nitrogens with one attached hydrogen (secondary N) is 1. The summed E-state index contributed by atoms with van der Waals surface area (Å²) in [6, 6.07) is 0.202.